The van der Waals surface area contributed by atoms with E-state index in [1.807, 2.05) is 35.0 Å². The number of methoxy groups -OCH3 is 1. The van der Waals surface area contributed by atoms with Gasteiger partial charge in [-0.2, -0.15) is 5.10 Å². The predicted molar refractivity (Wildman–Crippen MR) is 67.5 cm³/mol. The summed E-state index contributed by atoms with van der Waals surface area (Å²) in [5, 5.41) is 4.33. The molecule has 92 valence electrons. The third-order valence-corrected chi connectivity index (χ3v) is 3.17. The Balaban J connectivity index is 2.08. The summed E-state index contributed by atoms with van der Waals surface area (Å²) in [4.78, 5) is 10.9. The van der Waals surface area contributed by atoms with Crippen molar-refractivity contribution in [3.05, 3.63) is 41.7 Å². The van der Waals surface area contributed by atoms with Crippen molar-refractivity contribution in [2.45, 2.75) is 18.8 Å². The van der Waals surface area contributed by atoms with E-state index in [2.05, 4.69) is 5.10 Å². The lowest BCUT2D eigenvalue weighted by atomic mass is 10.2. The van der Waals surface area contributed by atoms with Crippen LogP contribution in [0.1, 0.15) is 34.9 Å². The predicted octanol–water partition coefficient (Wildman–Crippen LogP) is 2.57. The van der Waals surface area contributed by atoms with Gasteiger partial charge in [-0.25, -0.2) is 4.68 Å². The average Bonchev–Trinajstić information content (AvgIpc) is 3.18. The molecule has 0 saturated heterocycles. The molecule has 0 N–H and O–H groups in total. The van der Waals surface area contributed by atoms with Crippen LogP contribution >= 0.6 is 0 Å². The Bertz CT molecular complexity index is 585. The van der Waals surface area contributed by atoms with Crippen LogP contribution in [-0.4, -0.2) is 23.2 Å². The second kappa shape index (κ2) is 4.29. The van der Waals surface area contributed by atoms with Gasteiger partial charge in [0.15, 0.2) is 6.29 Å². The molecule has 4 heteroatoms. The SMILES string of the molecule is COc1cccc(-n2nc(C=O)cc2C2CC2)c1. The Kier molecular flexibility index (Phi) is 2.63. The van der Waals surface area contributed by atoms with E-state index in [1.165, 1.54) is 12.8 Å². The number of rotatable bonds is 4. The van der Waals surface area contributed by atoms with E-state index in [0.29, 0.717) is 11.6 Å². The van der Waals surface area contributed by atoms with Crippen LogP contribution < -0.4 is 4.74 Å². The normalized spacial score (nSPS) is 14.5. The van der Waals surface area contributed by atoms with Crippen molar-refractivity contribution in [1.29, 1.82) is 0 Å². The highest BCUT2D eigenvalue weighted by Crippen LogP contribution is 2.41. The van der Waals surface area contributed by atoms with Gasteiger partial charge in [0.1, 0.15) is 11.4 Å². The smallest absolute Gasteiger partial charge is 0.170 e. The fraction of sp³-hybridized carbons (Fsp3) is 0.286. The molecular weight excluding hydrogens is 228 g/mol. The van der Waals surface area contributed by atoms with Gasteiger partial charge in [0.05, 0.1) is 12.8 Å². The van der Waals surface area contributed by atoms with Gasteiger partial charge in [0, 0.05) is 17.7 Å². The van der Waals surface area contributed by atoms with E-state index in [1.54, 1.807) is 7.11 Å². The maximum atomic E-state index is 10.9. The molecule has 0 spiro atoms. The number of aldehydes is 1. The molecule has 3 rings (SSSR count). The largest absolute Gasteiger partial charge is 0.497 e. The highest BCUT2D eigenvalue weighted by molar-refractivity contribution is 5.72. The van der Waals surface area contributed by atoms with Crippen molar-refractivity contribution in [2.75, 3.05) is 7.11 Å². The highest BCUT2D eigenvalue weighted by Gasteiger charge is 2.28. The molecule has 2 aromatic rings. The first-order valence-electron chi connectivity index (χ1n) is 6.01. The van der Waals surface area contributed by atoms with Crippen LogP contribution in [0.3, 0.4) is 0 Å². The van der Waals surface area contributed by atoms with Gasteiger partial charge in [-0.15, -0.1) is 0 Å². The molecule has 1 heterocycles. The summed E-state index contributed by atoms with van der Waals surface area (Å²) >= 11 is 0. The summed E-state index contributed by atoms with van der Waals surface area (Å²) in [7, 11) is 1.64. The first-order chi connectivity index (χ1) is 8.81. The van der Waals surface area contributed by atoms with Crippen molar-refractivity contribution < 1.29 is 9.53 Å². The van der Waals surface area contributed by atoms with Crippen LogP contribution in [-0.2, 0) is 0 Å². The van der Waals surface area contributed by atoms with Crippen molar-refractivity contribution in [3.63, 3.8) is 0 Å². The molecule has 0 amide bonds. The Hall–Kier alpha value is -2.10. The van der Waals surface area contributed by atoms with E-state index in [0.717, 1.165) is 23.4 Å². The van der Waals surface area contributed by atoms with Gasteiger partial charge in [0.25, 0.3) is 0 Å². The zero-order chi connectivity index (χ0) is 12.5. The van der Waals surface area contributed by atoms with Crippen molar-refractivity contribution in [1.82, 2.24) is 9.78 Å². The molecule has 1 fully saturated rings. The van der Waals surface area contributed by atoms with Crippen LogP contribution in [0.4, 0.5) is 0 Å². The van der Waals surface area contributed by atoms with Gasteiger partial charge in [-0.05, 0) is 31.0 Å². The van der Waals surface area contributed by atoms with Crippen LogP contribution in [0.5, 0.6) is 5.75 Å². The second-order valence-corrected chi connectivity index (χ2v) is 4.50. The van der Waals surface area contributed by atoms with E-state index >= 15 is 0 Å². The summed E-state index contributed by atoms with van der Waals surface area (Å²) in [6.45, 7) is 0. The average molecular weight is 242 g/mol. The van der Waals surface area contributed by atoms with Gasteiger partial charge >= 0.3 is 0 Å². The summed E-state index contributed by atoms with van der Waals surface area (Å²) in [6.07, 6.45) is 3.14. The monoisotopic (exact) mass is 242 g/mol. The maximum absolute atomic E-state index is 10.9. The molecule has 0 radical (unpaired) electrons. The number of carbonyl (C=O) groups excluding carboxylic acids is 1. The summed E-state index contributed by atoms with van der Waals surface area (Å²) in [6, 6.07) is 9.59. The molecule has 18 heavy (non-hydrogen) atoms. The molecule has 1 aromatic heterocycles. The zero-order valence-electron chi connectivity index (χ0n) is 10.2. The molecule has 1 aliphatic rings. The molecule has 1 aromatic carbocycles. The molecule has 0 atom stereocenters. The van der Waals surface area contributed by atoms with Crippen LogP contribution in [0, 0.1) is 0 Å². The lowest BCUT2D eigenvalue weighted by Gasteiger charge is -2.08. The first kappa shape index (κ1) is 11.0. The Labute approximate surface area is 105 Å². The van der Waals surface area contributed by atoms with E-state index < -0.39 is 0 Å². The van der Waals surface area contributed by atoms with E-state index in [9.17, 15) is 4.79 Å². The quantitative estimate of drug-likeness (QED) is 0.774. The lowest BCUT2D eigenvalue weighted by molar-refractivity contribution is 0.111. The fourth-order valence-electron chi connectivity index (χ4n) is 2.09. The number of carbonyl (C=O) groups is 1. The number of hydrogen-bond acceptors (Lipinski definition) is 3. The third-order valence-electron chi connectivity index (χ3n) is 3.17. The van der Waals surface area contributed by atoms with Gasteiger partial charge < -0.3 is 4.74 Å². The minimum atomic E-state index is 0.486. The van der Waals surface area contributed by atoms with Crippen LogP contribution in [0.2, 0.25) is 0 Å². The third kappa shape index (κ3) is 1.90. The standard InChI is InChI=1S/C14H14N2O2/c1-18-13-4-2-3-12(8-13)16-14(10-5-6-10)7-11(9-17)15-16/h2-4,7-10H,5-6H2,1H3. The Morgan fingerprint density at radius 1 is 1.39 bits per heavy atom. The van der Waals surface area contributed by atoms with E-state index in [4.69, 9.17) is 4.74 Å². The fourth-order valence-corrected chi connectivity index (χ4v) is 2.09. The van der Waals surface area contributed by atoms with Crippen molar-refractivity contribution >= 4 is 6.29 Å². The molecule has 0 bridgehead atoms. The molecule has 1 saturated carbocycles. The molecule has 1 aliphatic carbocycles. The van der Waals surface area contributed by atoms with Crippen molar-refractivity contribution in [2.24, 2.45) is 0 Å². The van der Waals surface area contributed by atoms with Crippen LogP contribution in [0.15, 0.2) is 30.3 Å². The minimum absolute atomic E-state index is 0.486. The van der Waals surface area contributed by atoms with Gasteiger partial charge in [0.2, 0.25) is 0 Å². The van der Waals surface area contributed by atoms with Crippen LogP contribution in [0.25, 0.3) is 5.69 Å². The molecule has 0 unspecified atom stereocenters. The number of nitrogens with zero attached hydrogens (tertiary/aromatic N) is 2. The Morgan fingerprint density at radius 2 is 2.22 bits per heavy atom. The minimum Gasteiger partial charge on any atom is -0.497 e. The summed E-state index contributed by atoms with van der Waals surface area (Å²) in [5.41, 5.74) is 2.54. The number of hydrogen-bond donors (Lipinski definition) is 0. The number of benzene rings is 1. The molecule has 4 nitrogen and oxygen atoms in total. The first-order valence-corrected chi connectivity index (χ1v) is 6.01. The van der Waals surface area contributed by atoms with Gasteiger partial charge in [-0.1, -0.05) is 6.07 Å². The summed E-state index contributed by atoms with van der Waals surface area (Å²) in [5.74, 6) is 1.33. The van der Waals surface area contributed by atoms with Gasteiger partial charge in [-0.3, -0.25) is 4.79 Å². The highest BCUT2D eigenvalue weighted by atomic mass is 16.5. The molecular formula is C14H14N2O2. The van der Waals surface area contributed by atoms with Crippen molar-refractivity contribution in [3.8, 4) is 11.4 Å². The number of aromatic nitrogens is 2. The zero-order valence-corrected chi connectivity index (χ0v) is 10.2. The lowest BCUT2D eigenvalue weighted by Crippen LogP contribution is -2.01. The summed E-state index contributed by atoms with van der Waals surface area (Å²) < 4.78 is 7.07. The topological polar surface area (TPSA) is 44.1 Å². The molecule has 0 aliphatic heterocycles. The second-order valence-electron chi connectivity index (χ2n) is 4.50. The Morgan fingerprint density at radius 3 is 2.89 bits per heavy atom. The maximum Gasteiger partial charge on any atom is 0.170 e. The van der Waals surface area contributed by atoms with E-state index in [-0.39, 0.29) is 0 Å². The number of ether oxygens (including phenoxy) is 1.